The second kappa shape index (κ2) is 7.39. The van der Waals surface area contributed by atoms with Crippen LogP contribution in [0.2, 0.25) is 0 Å². The Labute approximate surface area is 178 Å². The smallest absolute Gasteiger partial charge is 0.208 e. The van der Waals surface area contributed by atoms with E-state index in [2.05, 4.69) is 26.1 Å². The second-order valence-corrected chi connectivity index (χ2v) is 7.15. The van der Waals surface area contributed by atoms with Crippen molar-refractivity contribution in [3.8, 4) is 28.7 Å². The number of fused-ring (bicyclic) bond motifs is 1. The molecule has 0 amide bonds. The largest absolute Gasteiger partial charge is 0.322 e. The summed E-state index contributed by atoms with van der Waals surface area (Å²) >= 11 is 0. The van der Waals surface area contributed by atoms with Crippen LogP contribution >= 0.6 is 0 Å². The van der Waals surface area contributed by atoms with Gasteiger partial charge in [-0.25, -0.2) is 14.5 Å². The molecular formula is C23H18N8. The summed E-state index contributed by atoms with van der Waals surface area (Å²) in [7, 11) is 1.93. The number of pyridine rings is 2. The molecule has 5 rings (SSSR count). The number of nitrogens with one attached hydrogen (secondary N) is 1. The van der Waals surface area contributed by atoms with Gasteiger partial charge in [-0.2, -0.15) is 10.4 Å². The van der Waals surface area contributed by atoms with Gasteiger partial charge in [-0.05, 0) is 55.5 Å². The quantitative estimate of drug-likeness (QED) is 0.482. The molecule has 150 valence electrons. The Balaban J connectivity index is 1.64. The van der Waals surface area contributed by atoms with Crippen molar-refractivity contribution in [2.24, 2.45) is 0 Å². The number of aromatic amines is 1. The van der Waals surface area contributed by atoms with Crippen LogP contribution in [0.4, 0.5) is 11.6 Å². The Bertz CT molecular complexity index is 1420. The molecule has 0 saturated heterocycles. The van der Waals surface area contributed by atoms with Crippen LogP contribution in [0, 0.1) is 18.3 Å². The first-order valence-electron chi connectivity index (χ1n) is 9.70. The highest BCUT2D eigenvalue weighted by molar-refractivity contribution is 5.79. The molecule has 0 aliphatic carbocycles. The van der Waals surface area contributed by atoms with Crippen molar-refractivity contribution in [2.75, 3.05) is 11.9 Å². The van der Waals surface area contributed by atoms with E-state index in [4.69, 9.17) is 10.2 Å². The molecule has 1 N–H and O–H groups in total. The van der Waals surface area contributed by atoms with Crippen molar-refractivity contribution < 1.29 is 0 Å². The standard InChI is InChI=1S/C23H18N8/c1-15-4-3-5-19(27-15)22-21(17-8-11-20-25-14-26-31(20)13-17)28-23(29-22)30(2)18-9-6-16(12-24)7-10-18/h3-11,13-14H,1-2H3,(H,28,29). The predicted molar refractivity (Wildman–Crippen MR) is 118 cm³/mol. The molecule has 0 bridgehead atoms. The van der Waals surface area contributed by atoms with Crippen molar-refractivity contribution in [3.63, 3.8) is 0 Å². The van der Waals surface area contributed by atoms with Crippen molar-refractivity contribution in [1.82, 2.24) is 29.5 Å². The van der Waals surface area contributed by atoms with Gasteiger partial charge >= 0.3 is 0 Å². The lowest BCUT2D eigenvalue weighted by Gasteiger charge is -2.15. The zero-order chi connectivity index (χ0) is 21.4. The minimum atomic E-state index is 0.614. The molecule has 5 aromatic rings. The summed E-state index contributed by atoms with van der Waals surface area (Å²) in [6.07, 6.45) is 3.43. The van der Waals surface area contributed by atoms with E-state index in [-0.39, 0.29) is 0 Å². The molecule has 0 unspecified atom stereocenters. The second-order valence-electron chi connectivity index (χ2n) is 7.15. The summed E-state index contributed by atoms with van der Waals surface area (Å²) in [6.45, 7) is 1.96. The number of rotatable bonds is 4. The fourth-order valence-electron chi connectivity index (χ4n) is 3.43. The van der Waals surface area contributed by atoms with E-state index < -0.39 is 0 Å². The number of imidazole rings is 1. The number of hydrogen-bond acceptors (Lipinski definition) is 6. The Morgan fingerprint density at radius 2 is 1.87 bits per heavy atom. The fraction of sp³-hybridized carbons (Fsp3) is 0.0870. The molecule has 0 radical (unpaired) electrons. The maximum Gasteiger partial charge on any atom is 0.208 e. The van der Waals surface area contributed by atoms with Gasteiger partial charge in [0.1, 0.15) is 12.0 Å². The third kappa shape index (κ3) is 3.38. The maximum atomic E-state index is 9.06. The van der Waals surface area contributed by atoms with Crippen LogP contribution < -0.4 is 4.90 Å². The first kappa shape index (κ1) is 18.5. The van der Waals surface area contributed by atoms with Crippen molar-refractivity contribution in [3.05, 3.63) is 78.4 Å². The average molecular weight is 406 g/mol. The monoisotopic (exact) mass is 406 g/mol. The first-order valence-corrected chi connectivity index (χ1v) is 9.70. The van der Waals surface area contributed by atoms with Crippen LogP contribution in [0.15, 0.2) is 67.1 Å². The molecule has 0 fully saturated rings. The highest BCUT2D eigenvalue weighted by Crippen LogP contribution is 2.33. The molecule has 1 aromatic carbocycles. The lowest BCUT2D eigenvalue weighted by molar-refractivity contribution is 0.962. The first-order chi connectivity index (χ1) is 15.1. The summed E-state index contributed by atoms with van der Waals surface area (Å²) in [5, 5.41) is 13.3. The zero-order valence-corrected chi connectivity index (χ0v) is 17.0. The van der Waals surface area contributed by atoms with E-state index in [0.717, 1.165) is 39.7 Å². The van der Waals surface area contributed by atoms with Gasteiger partial charge in [-0.1, -0.05) is 6.07 Å². The van der Waals surface area contributed by atoms with Gasteiger partial charge < -0.3 is 9.88 Å². The van der Waals surface area contributed by atoms with Gasteiger partial charge in [0.25, 0.3) is 0 Å². The Morgan fingerprint density at radius 3 is 2.65 bits per heavy atom. The molecule has 0 spiro atoms. The van der Waals surface area contributed by atoms with E-state index in [1.165, 1.54) is 6.33 Å². The lowest BCUT2D eigenvalue weighted by Crippen LogP contribution is -2.11. The molecule has 0 aliphatic heterocycles. The van der Waals surface area contributed by atoms with Gasteiger partial charge in [-0.3, -0.25) is 4.98 Å². The number of hydrogen-bond donors (Lipinski definition) is 1. The lowest BCUT2D eigenvalue weighted by atomic mass is 10.1. The normalized spacial score (nSPS) is 10.9. The zero-order valence-electron chi connectivity index (χ0n) is 17.0. The molecule has 4 aromatic heterocycles. The van der Waals surface area contributed by atoms with Gasteiger partial charge in [0.15, 0.2) is 5.65 Å². The Morgan fingerprint density at radius 1 is 1.03 bits per heavy atom. The van der Waals surface area contributed by atoms with Crippen LogP contribution in [0.25, 0.3) is 28.3 Å². The van der Waals surface area contributed by atoms with Crippen LogP contribution in [0.5, 0.6) is 0 Å². The number of benzene rings is 1. The molecule has 31 heavy (non-hydrogen) atoms. The number of nitriles is 1. The van der Waals surface area contributed by atoms with Gasteiger partial charge in [-0.15, -0.1) is 0 Å². The molecular weight excluding hydrogens is 388 g/mol. The average Bonchev–Trinajstić information content (AvgIpc) is 3.45. The van der Waals surface area contributed by atoms with Gasteiger partial charge in [0, 0.05) is 30.2 Å². The number of nitrogens with zero attached hydrogens (tertiary/aromatic N) is 7. The summed E-state index contributed by atoms with van der Waals surface area (Å²) < 4.78 is 1.72. The van der Waals surface area contributed by atoms with Crippen molar-refractivity contribution >= 4 is 17.3 Å². The van der Waals surface area contributed by atoms with E-state index in [1.807, 2.05) is 67.5 Å². The minimum Gasteiger partial charge on any atom is -0.322 e. The summed E-state index contributed by atoms with van der Waals surface area (Å²) in [5.74, 6) is 0.664. The van der Waals surface area contributed by atoms with E-state index in [1.54, 1.807) is 16.6 Å². The van der Waals surface area contributed by atoms with Crippen LogP contribution in [0.3, 0.4) is 0 Å². The van der Waals surface area contributed by atoms with Crippen molar-refractivity contribution in [1.29, 1.82) is 5.26 Å². The molecule has 0 atom stereocenters. The molecule has 0 saturated carbocycles. The van der Waals surface area contributed by atoms with E-state index in [9.17, 15) is 0 Å². The van der Waals surface area contributed by atoms with Crippen LogP contribution in [0.1, 0.15) is 11.3 Å². The topological polar surface area (TPSA) is 98.8 Å². The number of H-pyrrole nitrogens is 1. The minimum absolute atomic E-state index is 0.614. The molecule has 0 aliphatic rings. The van der Waals surface area contributed by atoms with E-state index in [0.29, 0.717) is 11.5 Å². The number of aryl methyl sites for hydroxylation is 1. The van der Waals surface area contributed by atoms with Gasteiger partial charge in [0.2, 0.25) is 5.95 Å². The highest BCUT2D eigenvalue weighted by atomic mass is 15.3. The van der Waals surface area contributed by atoms with Crippen LogP contribution in [-0.4, -0.2) is 36.6 Å². The Hall–Kier alpha value is -4.51. The summed E-state index contributed by atoms with van der Waals surface area (Å²) in [4.78, 5) is 19.2. The number of aromatic nitrogens is 6. The summed E-state index contributed by atoms with van der Waals surface area (Å²) in [5.41, 5.74) is 6.51. The molecule has 8 heteroatoms. The van der Waals surface area contributed by atoms with Crippen LogP contribution in [-0.2, 0) is 0 Å². The highest BCUT2D eigenvalue weighted by Gasteiger charge is 2.19. The Kier molecular flexibility index (Phi) is 4.41. The SMILES string of the molecule is Cc1cccc(-c2[nH]c(N(C)c3ccc(C#N)cc3)nc2-c2ccc3ncnn3c2)n1. The van der Waals surface area contributed by atoms with Crippen molar-refractivity contribution in [2.45, 2.75) is 6.92 Å². The predicted octanol–water partition coefficient (Wildman–Crippen LogP) is 4.13. The maximum absolute atomic E-state index is 9.06. The molecule has 4 heterocycles. The third-order valence-electron chi connectivity index (χ3n) is 5.08. The van der Waals surface area contributed by atoms with Gasteiger partial charge in [0.05, 0.1) is 23.0 Å². The fourth-order valence-corrected chi connectivity index (χ4v) is 3.43. The summed E-state index contributed by atoms with van der Waals surface area (Å²) in [6, 6.07) is 19.3. The third-order valence-corrected chi connectivity index (χ3v) is 5.08. The van der Waals surface area contributed by atoms with E-state index >= 15 is 0 Å². The number of anilines is 2. The molecule has 8 nitrogen and oxygen atoms in total.